The Morgan fingerprint density at radius 1 is 1.11 bits per heavy atom. The molecule has 2 aromatic carbocycles. The van der Waals surface area contributed by atoms with Crippen LogP contribution in [0.15, 0.2) is 72.1 Å². The molecule has 1 saturated heterocycles. The van der Waals surface area contributed by atoms with E-state index in [4.69, 9.17) is 14.2 Å². The first-order valence-corrected chi connectivity index (χ1v) is 12.9. The number of nitrogens with zero attached hydrogens (tertiary/aromatic N) is 2. The third-order valence-electron chi connectivity index (χ3n) is 5.69. The Balaban J connectivity index is 1.51. The van der Waals surface area contributed by atoms with E-state index in [-0.39, 0.29) is 18.8 Å². The monoisotopic (exact) mass is 523 g/mol. The summed E-state index contributed by atoms with van der Waals surface area (Å²) in [5.41, 5.74) is 3.08. The van der Waals surface area contributed by atoms with Crippen molar-refractivity contribution in [1.29, 1.82) is 0 Å². The molecule has 0 saturated carbocycles. The molecule has 0 aliphatic carbocycles. The number of hydrogen-bond donors (Lipinski definition) is 2. The summed E-state index contributed by atoms with van der Waals surface area (Å²) < 4.78 is 17.7. The van der Waals surface area contributed by atoms with E-state index < -0.39 is 24.3 Å². The lowest BCUT2D eigenvalue weighted by Crippen LogP contribution is -2.31. The molecule has 1 aliphatic rings. The van der Waals surface area contributed by atoms with Crippen LogP contribution < -0.4 is 5.32 Å². The number of carbonyl (C=O) groups is 2. The fourth-order valence-electron chi connectivity index (χ4n) is 3.86. The Labute approximate surface area is 219 Å². The number of hydrogen-bond acceptors (Lipinski definition) is 9. The van der Waals surface area contributed by atoms with Crippen molar-refractivity contribution in [2.24, 2.45) is 0 Å². The number of amides is 1. The summed E-state index contributed by atoms with van der Waals surface area (Å²) in [4.78, 5) is 32.1. The maximum absolute atomic E-state index is 12.4. The zero-order chi connectivity index (χ0) is 26.2. The minimum absolute atomic E-state index is 0.0253. The molecule has 0 spiro atoms. The van der Waals surface area contributed by atoms with Crippen molar-refractivity contribution in [3.63, 3.8) is 0 Å². The number of nitrogens with one attached hydrogen (secondary N) is 1. The molecule has 0 radical (unpaired) electrons. The Hall–Kier alpha value is -3.31. The lowest BCUT2D eigenvalue weighted by molar-refractivity contribution is -0.245. The molecule has 2 N–H and O–H groups in total. The van der Waals surface area contributed by atoms with E-state index in [9.17, 15) is 14.7 Å². The van der Waals surface area contributed by atoms with Gasteiger partial charge in [0.15, 0.2) is 17.6 Å². The van der Waals surface area contributed by atoms with E-state index in [1.54, 1.807) is 36.7 Å². The lowest BCUT2D eigenvalue weighted by atomic mass is 10.0. The molecule has 1 aromatic heterocycles. The van der Waals surface area contributed by atoms with Crippen LogP contribution in [0.2, 0.25) is 0 Å². The molecular weight excluding hydrogens is 494 g/mol. The van der Waals surface area contributed by atoms with Gasteiger partial charge in [0.05, 0.1) is 18.8 Å². The van der Waals surface area contributed by atoms with Crippen LogP contribution in [0.5, 0.6) is 0 Å². The zero-order valence-corrected chi connectivity index (χ0v) is 21.4. The van der Waals surface area contributed by atoms with Crippen LogP contribution in [0.3, 0.4) is 0 Å². The molecule has 0 bridgehead atoms. The fourth-order valence-corrected chi connectivity index (χ4v) is 4.68. The van der Waals surface area contributed by atoms with Gasteiger partial charge in [-0.3, -0.25) is 9.59 Å². The number of aliphatic hydroxyl groups excluding tert-OH is 1. The van der Waals surface area contributed by atoms with Gasteiger partial charge in [-0.15, -0.1) is 0 Å². The average Bonchev–Trinajstić information content (AvgIpc) is 2.92. The molecule has 1 amide bonds. The van der Waals surface area contributed by atoms with Gasteiger partial charge in [-0.2, -0.15) is 0 Å². The maximum Gasteiger partial charge on any atom is 0.303 e. The maximum atomic E-state index is 12.4. The van der Waals surface area contributed by atoms with Crippen LogP contribution in [0.25, 0.3) is 0 Å². The highest BCUT2D eigenvalue weighted by atomic mass is 32.2. The molecule has 1 fully saturated rings. The molecule has 37 heavy (non-hydrogen) atoms. The van der Waals surface area contributed by atoms with Crippen LogP contribution in [0, 0.1) is 0 Å². The van der Waals surface area contributed by atoms with E-state index in [2.05, 4.69) is 15.3 Å². The van der Waals surface area contributed by atoms with Gasteiger partial charge >= 0.3 is 5.97 Å². The minimum Gasteiger partial charge on any atom is -0.453 e. The smallest absolute Gasteiger partial charge is 0.303 e. The highest BCUT2D eigenvalue weighted by Gasteiger charge is 2.32. The number of esters is 1. The van der Waals surface area contributed by atoms with E-state index in [1.807, 2.05) is 30.3 Å². The third-order valence-corrected chi connectivity index (χ3v) is 6.70. The topological polar surface area (TPSA) is 120 Å². The first-order chi connectivity index (χ1) is 17.9. The van der Waals surface area contributed by atoms with Crippen LogP contribution in [-0.2, 0) is 30.4 Å². The van der Waals surface area contributed by atoms with Gasteiger partial charge < -0.3 is 24.6 Å². The van der Waals surface area contributed by atoms with Gasteiger partial charge in [-0.05, 0) is 36.2 Å². The summed E-state index contributed by atoms with van der Waals surface area (Å²) >= 11 is 1.51. The number of aromatic nitrogens is 2. The van der Waals surface area contributed by atoms with E-state index in [0.29, 0.717) is 23.0 Å². The molecule has 1 aliphatic heterocycles. The normalized spacial score (nSPS) is 20.1. The van der Waals surface area contributed by atoms with Gasteiger partial charge in [0.25, 0.3) is 5.91 Å². The second-order valence-electron chi connectivity index (χ2n) is 8.56. The first-order valence-electron chi connectivity index (χ1n) is 11.9. The summed E-state index contributed by atoms with van der Waals surface area (Å²) in [6, 6.07) is 16.6. The van der Waals surface area contributed by atoms with Gasteiger partial charge in [0.1, 0.15) is 0 Å². The van der Waals surface area contributed by atoms with Crippen LogP contribution in [0.4, 0.5) is 5.69 Å². The van der Waals surface area contributed by atoms with E-state index >= 15 is 0 Å². The van der Waals surface area contributed by atoms with Crippen molar-refractivity contribution in [2.45, 2.75) is 56.6 Å². The molecule has 9 nitrogen and oxygen atoms in total. The van der Waals surface area contributed by atoms with Crippen molar-refractivity contribution in [3.05, 3.63) is 83.7 Å². The first kappa shape index (κ1) is 26.7. The number of anilines is 1. The second kappa shape index (κ2) is 12.8. The number of thioether (sulfide) groups is 1. The summed E-state index contributed by atoms with van der Waals surface area (Å²) in [5, 5.41) is 12.8. The fraction of sp³-hybridized carbons (Fsp3) is 0.333. The third kappa shape index (κ3) is 7.59. The van der Waals surface area contributed by atoms with Crippen molar-refractivity contribution < 1.29 is 28.9 Å². The van der Waals surface area contributed by atoms with Crippen molar-refractivity contribution in [3.8, 4) is 0 Å². The van der Waals surface area contributed by atoms with Gasteiger partial charge in [-0.1, -0.05) is 48.2 Å². The number of aliphatic hydroxyl groups is 1. The lowest BCUT2D eigenvalue weighted by Gasteiger charge is -2.36. The molecule has 2 heterocycles. The number of rotatable bonds is 9. The molecule has 10 heteroatoms. The predicted octanol–water partition coefficient (Wildman–Crippen LogP) is 4.20. The highest BCUT2D eigenvalue weighted by Crippen LogP contribution is 2.39. The van der Waals surface area contributed by atoms with Crippen LogP contribution in [-0.4, -0.2) is 44.9 Å². The molecule has 4 rings (SSSR count). The summed E-state index contributed by atoms with van der Waals surface area (Å²) in [6.07, 6.45) is 2.05. The van der Waals surface area contributed by atoms with Crippen molar-refractivity contribution >= 4 is 29.3 Å². The Bertz CT molecular complexity index is 1190. The molecular formula is C27H29N3O6S. The van der Waals surface area contributed by atoms with E-state index in [1.165, 1.54) is 25.6 Å². The summed E-state index contributed by atoms with van der Waals surface area (Å²) in [6.45, 7) is 2.75. The van der Waals surface area contributed by atoms with Crippen LogP contribution in [0.1, 0.15) is 49.4 Å². The van der Waals surface area contributed by atoms with Gasteiger partial charge in [0, 0.05) is 42.7 Å². The van der Waals surface area contributed by atoms with Crippen LogP contribution >= 0.6 is 11.8 Å². The quantitative estimate of drug-likeness (QED) is 0.242. The number of carbonyl (C=O) groups excluding carboxylic acids is 2. The highest BCUT2D eigenvalue weighted by molar-refractivity contribution is 7.99. The number of ether oxygens (including phenoxy) is 3. The summed E-state index contributed by atoms with van der Waals surface area (Å²) in [7, 11) is 0. The molecule has 194 valence electrons. The van der Waals surface area contributed by atoms with E-state index in [0.717, 1.165) is 16.7 Å². The number of benzene rings is 2. The predicted molar refractivity (Wildman–Crippen MR) is 137 cm³/mol. The standard InChI is InChI=1S/C27H29N3O6S/c1-17(34-18(2)32)25(33)30-22-6-3-5-21(13-22)26-35-23(16-37-27-28-11-4-12-29-27)14-24(36-26)20-9-7-19(15-31)8-10-20/h3-13,17,23-24,26,31H,14-16H2,1-2H3,(H,30,33)/t17-,23+,24-,26-/m0/s1. The minimum atomic E-state index is -0.920. The molecule has 0 unspecified atom stereocenters. The Morgan fingerprint density at radius 2 is 1.86 bits per heavy atom. The Kier molecular flexibility index (Phi) is 9.24. The zero-order valence-electron chi connectivity index (χ0n) is 20.6. The van der Waals surface area contributed by atoms with Gasteiger partial charge in [0.2, 0.25) is 0 Å². The largest absolute Gasteiger partial charge is 0.453 e. The average molecular weight is 524 g/mol. The summed E-state index contributed by atoms with van der Waals surface area (Å²) in [5.74, 6) is -0.328. The second-order valence-corrected chi connectivity index (χ2v) is 9.55. The Morgan fingerprint density at radius 3 is 2.57 bits per heavy atom. The van der Waals surface area contributed by atoms with Crippen molar-refractivity contribution in [2.75, 3.05) is 11.1 Å². The molecule has 4 atom stereocenters. The van der Waals surface area contributed by atoms with Crippen molar-refractivity contribution in [1.82, 2.24) is 9.97 Å². The molecule has 3 aromatic rings. The SMILES string of the molecule is CC(=O)O[C@@H](C)C(=O)Nc1cccc([C@H]2O[C@@H](CSc3ncccn3)C[C@@H](c3ccc(CO)cc3)O2)c1. The van der Waals surface area contributed by atoms with Gasteiger partial charge in [-0.25, -0.2) is 9.97 Å².